The van der Waals surface area contributed by atoms with Crippen LogP contribution < -0.4 is 5.32 Å². The van der Waals surface area contributed by atoms with E-state index in [0.717, 1.165) is 29.8 Å². The highest BCUT2D eigenvalue weighted by Gasteiger charge is 2.05. The van der Waals surface area contributed by atoms with Crippen LogP contribution in [0.2, 0.25) is 5.02 Å². The van der Waals surface area contributed by atoms with Gasteiger partial charge in [0.1, 0.15) is 0 Å². The van der Waals surface area contributed by atoms with Gasteiger partial charge in [0.25, 0.3) is 0 Å². The van der Waals surface area contributed by atoms with Crippen molar-refractivity contribution < 1.29 is 4.79 Å². The summed E-state index contributed by atoms with van der Waals surface area (Å²) in [6.07, 6.45) is 2.56. The first kappa shape index (κ1) is 18.2. The topological polar surface area (TPSA) is 32.3 Å². The number of amides is 1. The first-order valence-electron chi connectivity index (χ1n) is 7.93. The van der Waals surface area contributed by atoms with Crippen molar-refractivity contribution in [3.05, 3.63) is 70.8 Å². The Morgan fingerprint density at radius 1 is 1.12 bits per heavy atom. The van der Waals surface area contributed by atoms with Crippen LogP contribution in [-0.2, 0) is 11.2 Å². The van der Waals surface area contributed by atoms with Gasteiger partial charge in [0.2, 0.25) is 5.91 Å². The number of halogens is 1. The van der Waals surface area contributed by atoms with Gasteiger partial charge in [-0.25, -0.2) is 0 Å². The van der Waals surface area contributed by atoms with Crippen LogP contribution in [0.15, 0.2) is 54.6 Å². The minimum Gasteiger partial charge on any atom is -0.323 e. The minimum absolute atomic E-state index is 0.159. The lowest BCUT2D eigenvalue weighted by molar-refractivity contribution is -0.111. The maximum absolute atomic E-state index is 12.2. The summed E-state index contributed by atoms with van der Waals surface area (Å²) in [5.41, 5.74) is 3.75. The van der Waals surface area contributed by atoms with Crippen LogP contribution in [-0.4, -0.2) is 31.4 Å². The molecule has 0 saturated carbocycles. The highest BCUT2D eigenvalue weighted by Crippen LogP contribution is 2.23. The molecule has 126 valence electrons. The Morgan fingerprint density at radius 2 is 1.79 bits per heavy atom. The average Bonchev–Trinajstić information content (AvgIpc) is 2.54. The summed E-state index contributed by atoms with van der Waals surface area (Å²) in [4.78, 5) is 14.3. The lowest BCUT2D eigenvalue weighted by Crippen LogP contribution is -2.15. The quantitative estimate of drug-likeness (QED) is 0.785. The summed E-state index contributed by atoms with van der Waals surface area (Å²) in [6.45, 7) is 2.89. The lowest BCUT2D eigenvalue weighted by Gasteiger charge is -2.10. The van der Waals surface area contributed by atoms with Crippen LogP contribution in [0.1, 0.15) is 18.1 Å². The minimum atomic E-state index is -0.159. The van der Waals surface area contributed by atoms with Crippen LogP contribution in [0.3, 0.4) is 0 Å². The van der Waals surface area contributed by atoms with Gasteiger partial charge < -0.3 is 10.2 Å². The molecule has 0 saturated heterocycles. The van der Waals surface area contributed by atoms with Gasteiger partial charge >= 0.3 is 0 Å². The molecule has 0 atom stereocenters. The number of carbonyl (C=O) groups excluding carboxylic acids is 1. The van der Waals surface area contributed by atoms with Gasteiger partial charge in [-0.15, -0.1) is 0 Å². The third kappa shape index (κ3) is 5.52. The first-order valence-corrected chi connectivity index (χ1v) is 8.31. The van der Waals surface area contributed by atoms with Crippen molar-refractivity contribution >= 4 is 28.8 Å². The first-order chi connectivity index (χ1) is 11.5. The van der Waals surface area contributed by atoms with Gasteiger partial charge in [-0.1, -0.05) is 41.9 Å². The summed E-state index contributed by atoms with van der Waals surface area (Å²) in [6, 6.07) is 15.5. The fraction of sp³-hybridized carbons (Fsp3) is 0.250. The van der Waals surface area contributed by atoms with E-state index >= 15 is 0 Å². The number of hydrogen-bond acceptors (Lipinski definition) is 2. The number of nitrogens with zero attached hydrogens (tertiary/aromatic N) is 1. The Kier molecular flexibility index (Phi) is 6.59. The molecule has 2 rings (SSSR count). The third-order valence-electron chi connectivity index (χ3n) is 3.72. The molecule has 0 bridgehead atoms. The van der Waals surface area contributed by atoms with E-state index in [1.54, 1.807) is 6.08 Å². The largest absolute Gasteiger partial charge is 0.323 e. The predicted molar refractivity (Wildman–Crippen MR) is 102 cm³/mol. The van der Waals surface area contributed by atoms with E-state index in [2.05, 4.69) is 24.3 Å². The summed E-state index contributed by atoms with van der Waals surface area (Å²) in [5.74, 6) is -0.159. The van der Waals surface area contributed by atoms with Gasteiger partial charge in [-0.05, 0) is 62.3 Å². The SMILES string of the molecule is C/C(=C/C(=O)Nc1ccc(CCN(C)C)cc1)c1ccccc1Cl. The van der Waals surface area contributed by atoms with Crippen molar-refractivity contribution in [1.29, 1.82) is 0 Å². The molecule has 0 aromatic heterocycles. The fourth-order valence-electron chi connectivity index (χ4n) is 2.34. The zero-order valence-electron chi connectivity index (χ0n) is 14.3. The number of benzene rings is 2. The van der Waals surface area contributed by atoms with Gasteiger partial charge in [0.15, 0.2) is 0 Å². The van der Waals surface area contributed by atoms with Crippen LogP contribution >= 0.6 is 11.6 Å². The van der Waals surface area contributed by atoms with Crippen molar-refractivity contribution in [1.82, 2.24) is 4.90 Å². The van der Waals surface area contributed by atoms with Crippen molar-refractivity contribution in [3.8, 4) is 0 Å². The maximum Gasteiger partial charge on any atom is 0.248 e. The van der Waals surface area contributed by atoms with E-state index in [4.69, 9.17) is 11.6 Å². The molecule has 24 heavy (non-hydrogen) atoms. The molecule has 2 aromatic rings. The van der Waals surface area contributed by atoms with Crippen molar-refractivity contribution in [2.45, 2.75) is 13.3 Å². The summed E-state index contributed by atoms with van der Waals surface area (Å²) in [7, 11) is 4.12. The number of carbonyl (C=O) groups is 1. The third-order valence-corrected chi connectivity index (χ3v) is 4.05. The molecular formula is C20H23ClN2O. The van der Waals surface area contributed by atoms with E-state index in [-0.39, 0.29) is 5.91 Å². The zero-order valence-corrected chi connectivity index (χ0v) is 15.1. The molecule has 0 aliphatic heterocycles. The molecule has 0 unspecified atom stereocenters. The maximum atomic E-state index is 12.2. The molecular weight excluding hydrogens is 320 g/mol. The summed E-state index contributed by atoms with van der Waals surface area (Å²) >= 11 is 6.16. The van der Waals surface area contributed by atoms with Gasteiger partial charge in [0.05, 0.1) is 0 Å². The van der Waals surface area contributed by atoms with E-state index in [1.807, 2.05) is 55.5 Å². The second-order valence-electron chi connectivity index (χ2n) is 6.05. The second kappa shape index (κ2) is 8.67. The number of rotatable bonds is 6. The molecule has 3 nitrogen and oxygen atoms in total. The molecule has 1 amide bonds. The Balaban J connectivity index is 1.99. The van der Waals surface area contributed by atoms with Gasteiger partial charge in [-0.2, -0.15) is 0 Å². The second-order valence-corrected chi connectivity index (χ2v) is 6.45. The van der Waals surface area contributed by atoms with Crippen molar-refractivity contribution in [2.24, 2.45) is 0 Å². The zero-order chi connectivity index (χ0) is 17.5. The predicted octanol–water partition coefficient (Wildman–Crippen LogP) is 4.49. The smallest absolute Gasteiger partial charge is 0.248 e. The van der Waals surface area contributed by atoms with Crippen LogP contribution in [0.5, 0.6) is 0 Å². The van der Waals surface area contributed by atoms with E-state index in [9.17, 15) is 4.79 Å². The summed E-state index contributed by atoms with van der Waals surface area (Å²) in [5, 5.41) is 3.53. The van der Waals surface area contributed by atoms with Crippen molar-refractivity contribution in [2.75, 3.05) is 26.0 Å². The summed E-state index contributed by atoms with van der Waals surface area (Å²) < 4.78 is 0. The molecule has 0 spiro atoms. The Morgan fingerprint density at radius 3 is 2.42 bits per heavy atom. The van der Waals surface area contributed by atoms with E-state index in [0.29, 0.717) is 5.02 Å². The van der Waals surface area contributed by atoms with Crippen molar-refractivity contribution in [3.63, 3.8) is 0 Å². The normalized spacial score (nSPS) is 11.6. The van der Waals surface area contributed by atoms with E-state index in [1.165, 1.54) is 5.56 Å². The Labute approximate surface area is 148 Å². The number of nitrogens with one attached hydrogen (secondary N) is 1. The molecule has 0 fully saturated rings. The molecule has 0 aliphatic carbocycles. The molecule has 0 radical (unpaired) electrons. The Bertz CT molecular complexity index is 721. The number of anilines is 1. The van der Waals surface area contributed by atoms with Crippen LogP contribution in [0, 0.1) is 0 Å². The lowest BCUT2D eigenvalue weighted by atomic mass is 10.1. The number of allylic oxidation sites excluding steroid dienone is 1. The monoisotopic (exact) mass is 342 g/mol. The number of hydrogen-bond donors (Lipinski definition) is 1. The molecule has 2 aromatic carbocycles. The molecule has 0 heterocycles. The molecule has 1 N–H and O–H groups in total. The highest BCUT2D eigenvalue weighted by molar-refractivity contribution is 6.32. The van der Waals surface area contributed by atoms with Gasteiger partial charge in [0, 0.05) is 23.3 Å². The van der Waals surface area contributed by atoms with Gasteiger partial charge in [-0.3, -0.25) is 4.79 Å². The standard InChI is InChI=1S/C20H23ClN2O/c1-15(18-6-4-5-7-19(18)21)14-20(24)22-17-10-8-16(9-11-17)12-13-23(2)3/h4-11,14H,12-13H2,1-3H3,(H,22,24)/b15-14-. The average molecular weight is 343 g/mol. The van der Waals surface area contributed by atoms with Crippen LogP contribution in [0.25, 0.3) is 5.57 Å². The molecule has 4 heteroatoms. The molecule has 0 aliphatic rings. The van der Waals surface area contributed by atoms with E-state index < -0.39 is 0 Å². The van der Waals surface area contributed by atoms with Crippen LogP contribution in [0.4, 0.5) is 5.69 Å². The highest BCUT2D eigenvalue weighted by atomic mass is 35.5. The number of likely N-dealkylation sites (N-methyl/N-ethyl adjacent to an activating group) is 1. The fourth-order valence-corrected chi connectivity index (χ4v) is 2.63. The Hall–Kier alpha value is -2.10.